The number of hydrogen-bond donors (Lipinski definition) is 2. The second kappa shape index (κ2) is 4.81. The summed E-state index contributed by atoms with van der Waals surface area (Å²) in [6.07, 6.45) is 4.18. The van der Waals surface area contributed by atoms with Gasteiger partial charge in [0.05, 0.1) is 12.6 Å². The Morgan fingerprint density at radius 2 is 2.20 bits per heavy atom. The molecule has 1 fully saturated rings. The van der Waals surface area contributed by atoms with Gasteiger partial charge in [0, 0.05) is 6.04 Å². The molecule has 0 unspecified atom stereocenters. The van der Waals surface area contributed by atoms with Crippen LogP contribution in [0.1, 0.15) is 37.2 Å². The number of nitrogens with one attached hydrogen (secondary N) is 1. The fourth-order valence-electron chi connectivity index (χ4n) is 2.16. The van der Waals surface area contributed by atoms with Gasteiger partial charge in [-0.25, -0.2) is 0 Å². The molecule has 0 aromatic carbocycles. The van der Waals surface area contributed by atoms with Crippen LogP contribution < -0.4 is 5.32 Å². The Kier molecular flexibility index (Phi) is 3.44. The van der Waals surface area contributed by atoms with Crippen molar-refractivity contribution >= 4 is 0 Å². The van der Waals surface area contributed by atoms with Crippen molar-refractivity contribution in [1.29, 1.82) is 0 Å². The summed E-state index contributed by atoms with van der Waals surface area (Å²) in [7, 11) is 0. The van der Waals surface area contributed by atoms with Gasteiger partial charge in [0.15, 0.2) is 0 Å². The maximum absolute atomic E-state index is 9.76. The van der Waals surface area contributed by atoms with E-state index in [9.17, 15) is 5.11 Å². The molecule has 0 spiro atoms. The van der Waals surface area contributed by atoms with Crippen LogP contribution in [-0.2, 0) is 6.54 Å². The molecule has 0 saturated heterocycles. The number of aliphatic hydroxyl groups excluding tert-OH is 1. The lowest BCUT2D eigenvalue weighted by Gasteiger charge is -2.28. The third-order valence-electron chi connectivity index (χ3n) is 3.06. The van der Waals surface area contributed by atoms with Crippen LogP contribution in [0.3, 0.4) is 0 Å². The molecule has 3 heteroatoms. The van der Waals surface area contributed by atoms with E-state index in [1.165, 1.54) is 6.42 Å². The van der Waals surface area contributed by atoms with E-state index in [-0.39, 0.29) is 12.1 Å². The molecule has 15 heavy (non-hydrogen) atoms. The van der Waals surface area contributed by atoms with Gasteiger partial charge in [-0.1, -0.05) is 12.8 Å². The highest BCUT2D eigenvalue weighted by Gasteiger charge is 2.22. The number of furan rings is 1. The molecule has 2 atom stereocenters. The Balaban J connectivity index is 1.81. The van der Waals surface area contributed by atoms with Crippen LogP contribution in [-0.4, -0.2) is 17.3 Å². The zero-order chi connectivity index (χ0) is 10.7. The van der Waals surface area contributed by atoms with E-state index in [2.05, 4.69) is 5.32 Å². The summed E-state index contributed by atoms with van der Waals surface area (Å²) in [4.78, 5) is 0. The molecule has 1 aliphatic rings. The average Bonchev–Trinajstić information content (AvgIpc) is 2.63. The van der Waals surface area contributed by atoms with Gasteiger partial charge in [0.1, 0.15) is 11.5 Å². The zero-order valence-corrected chi connectivity index (χ0v) is 9.20. The molecule has 3 nitrogen and oxygen atoms in total. The number of aliphatic hydroxyl groups is 1. The second-order valence-electron chi connectivity index (χ2n) is 4.35. The van der Waals surface area contributed by atoms with Gasteiger partial charge in [-0.2, -0.15) is 0 Å². The maximum atomic E-state index is 9.76. The van der Waals surface area contributed by atoms with Crippen molar-refractivity contribution < 1.29 is 9.52 Å². The molecule has 84 valence electrons. The minimum atomic E-state index is -0.185. The van der Waals surface area contributed by atoms with E-state index < -0.39 is 0 Å². The van der Waals surface area contributed by atoms with E-state index >= 15 is 0 Å². The van der Waals surface area contributed by atoms with Crippen molar-refractivity contribution in [2.45, 2.75) is 51.3 Å². The third kappa shape index (κ3) is 2.83. The molecule has 2 N–H and O–H groups in total. The molecular formula is C12H19NO2. The lowest BCUT2D eigenvalue weighted by Crippen LogP contribution is -2.41. The monoisotopic (exact) mass is 209 g/mol. The Hall–Kier alpha value is -0.800. The van der Waals surface area contributed by atoms with Crippen molar-refractivity contribution in [2.75, 3.05) is 0 Å². The summed E-state index contributed by atoms with van der Waals surface area (Å²) in [6, 6.07) is 4.19. The van der Waals surface area contributed by atoms with Gasteiger partial charge in [-0.15, -0.1) is 0 Å². The molecule has 0 aliphatic heterocycles. The fraction of sp³-hybridized carbons (Fsp3) is 0.667. The summed E-state index contributed by atoms with van der Waals surface area (Å²) in [5, 5.41) is 13.1. The Labute approximate surface area is 90.5 Å². The molecule has 0 radical (unpaired) electrons. The molecule has 1 heterocycles. The first kappa shape index (κ1) is 10.7. The normalized spacial score (nSPS) is 26.8. The maximum Gasteiger partial charge on any atom is 0.117 e. The van der Waals surface area contributed by atoms with Crippen LogP contribution in [0.4, 0.5) is 0 Å². The number of rotatable bonds is 3. The smallest absolute Gasteiger partial charge is 0.117 e. The van der Waals surface area contributed by atoms with Gasteiger partial charge in [-0.3, -0.25) is 0 Å². The second-order valence-corrected chi connectivity index (χ2v) is 4.35. The molecule has 1 aromatic rings. The van der Waals surface area contributed by atoms with Crippen molar-refractivity contribution in [3.63, 3.8) is 0 Å². The zero-order valence-electron chi connectivity index (χ0n) is 9.20. The van der Waals surface area contributed by atoms with Crippen LogP contribution in [0.5, 0.6) is 0 Å². The summed E-state index contributed by atoms with van der Waals surface area (Å²) in [5.41, 5.74) is 0. The molecule has 2 rings (SSSR count). The standard InChI is InChI=1S/C12H19NO2/c1-9-6-7-10(15-9)8-13-11-4-2-3-5-12(11)14/h6-7,11-14H,2-5,8H2,1H3/t11-,12-/m1/s1. The summed E-state index contributed by atoms with van der Waals surface area (Å²) in [5.74, 6) is 1.89. The Morgan fingerprint density at radius 3 is 2.87 bits per heavy atom. The van der Waals surface area contributed by atoms with E-state index in [0.717, 1.165) is 37.3 Å². The van der Waals surface area contributed by atoms with Gasteiger partial charge in [0.25, 0.3) is 0 Å². The minimum Gasteiger partial charge on any atom is -0.465 e. The van der Waals surface area contributed by atoms with Gasteiger partial charge in [-0.05, 0) is 31.9 Å². The van der Waals surface area contributed by atoms with Gasteiger partial charge in [0.2, 0.25) is 0 Å². The van der Waals surface area contributed by atoms with E-state index in [0.29, 0.717) is 0 Å². The third-order valence-corrected chi connectivity index (χ3v) is 3.06. The van der Waals surface area contributed by atoms with Gasteiger partial charge >= 0.3 is 0 Å². The molecule has 1 saturated carbocycles. The molecule has 1 aromatic heterocycles. The topological polar surface area (TPSA) is 45.4 Å². The van der Waals surface area contributed by atoms with Crippen molar-refractivity contribution in [3.05, 3.63) is 23.7 Å². The largest absolute Gasteiger partial charge is 0.465 e. The van der Waals surface area contributed by atoms with Crippen molar-refractivity contribution in [2.24, 2.45) is 0 Å². The minimum absolute atomic E-state index is 0.185. The summed E-state index contributed by atoms with van der Waals surface area (Å²) >= 11 is 0. The first-order valence-corrected chi connectivity index (χ1v) is 5.72. The van der Waals surface area contributed by atoms with Crippen LogP contribution in [0, 0.1) is 6.92 Å². The quantitative estimate of drug-likeness (QED) is 0.800. The van der Waals surface area contributed by atoms with Crippen molar-refractivity contribution in [3.8, 4) is 0 Å². The number of hydrogen-bond acceptors (Lipinski definition) is 3. The van der Waals surface area contributed by atoms with Crippen molar-refractivity contribution in [1.82, 2.24) is 5.32 Å². The lowest BCUT2D eigenvalue weighted by atomic mass is 9.92. The summed E-state index contributed by atoms with van der Waals surface area (Å²) < 4.78 is 5.47. The summed E-state index contributed by atoms with van der Waals surface area (Å²) in [6.45, 7) is 2.66. The molecular weight excluding hydrogens is 190 g/mol. The van der Waals surface area contributed by atoms with E-state index in [1.54, 1.807) is 0 Å². The first-order chi connectivity index (χ1) is 7.25. The highest BCUT2D eigenvalue weighted by Crippen LogP contribution is 2.18. The number of aryl methyl sites for hydroxylation is 1. The SMILES string of the molecule is Cc1ccc(CN[C@@H]2CCCC[C@H]2O)o1. The van der Waals surface area contributed by atoms with E-state index in [1.807, 2.05) is 19.1 Å². The van der Waals surface area contributed by atoms with E-state index in [4.69, 9.17) is 4.42 Å². The average molecular weight is 209 g/mol. The van der Waals surface area contributed by atoms with Crippen LogP contribution in [0.25, 0.3) is 0 Å². The van der Waals surface area contributed by atoms with Gasteiger partial charge < -0.3 is 14.8 Å². The predicted molar refractivity (Wildman–Crippen MR) is 58.5 cm³/mol. The van der Waals surface area contributed by atoms with Crippen LogP contribution in [0.2, 0.25) is 0 Å². The Morgan fingerprint density at radius 1 is 1.40 bits per heavy atom. The molecule has 1 aliphatic carbocycles. The van der Waals surface area contributed by atoms with Crippen LogP contribution in [0.15, 0.2) is 16.5 Å². The molecule has 0 amide bonds. The van der Waals surface area contributed by atoms with Crippen LogP contribution >= 0.6 is 0 Å². The molecule has 0 bridgehead atoms. The first-order valence-electron chi connectivity index (χ1n) is 5.72. The fourth-order valence-corrected chi connectivity index (χ4v) is 2.16. The predicted octanol–water partition coefficient (Wildman–Crippen LogP) is 1.98. The lowest BCUT2D eigenvalue weighted by molar-refractivity contribution is 0.0893. The highest BCUT2D eigenvalue weighted by molar-refractivity contribution is 5.05. The highest BCUT2D eigenvalue weighted by atomic mass is 16.3. The Bertz CT molecular complexity index is 308.